The fraction of sp³-hybridized carbons (Fsp3) is 0.789. The first kappa shape index (κ1) is 43.2. The summed E-state index contributed by atoms with van der Waals surface area (Å²) in [5.74, 6) is -4.07. The number of likely N-dealkylation sites (N-methyl/N-ethyl adjacent to an activating group) is 1. The molecule has 0 bridgehead atoms. The molecule has 2 saturated heterocycles. The first-order valence-electron chi connectivity index (χ1n) is 18.4. The van der Waals surface area contributed by atoms with Gasteiger partial charge in [-0.25, -0.2) is 0 Å². The smallest absolute Gasteiger partial charge is 0.311 e. The number of ether oxygens (including phenoxy) is 3. The zero-order valence-electron chi connectivity index (χ0n) is 32.2. The molecule has 2 fully saturated rings. The van der Waals surface area contributed by atoms with E-state index in [2.05, 4.69) is 10.5 Å². The first-order chi connectivity index (χ1) is 23.8. The Labute approximate surface area is 304 Å². The lowest BCUT2D eigenvalue weighted by Gasteiger charge is -2.47. The number of oxime groups is 1. The molecule has 292 valence electrons. The second-order valence-electron chi connectivity index (χ2n) is 15.5. The van der Waals surface area contributed by atoms with Crippen molar-refractivity contribution in [1.29, 1.82) is 0 Å². The van der Waals surface area contributed by atoms with Crippen molar-refractivity contribution in [3.05, 3.63) is 35.9 Å². The number of carbonyl (C=O) groups excluding carboxylic acids is 1. The second kappa shape index (κ2) is 18.7. The third-order valence-electron chi connectivity index (χ3n) is 10.8. The molecular formula is C38H65N3O10. The van der Waals surface area contributed by atoms with Crippen molar-refractivity contribution >= 4 is 11.7 Å². The Morgan fingerprint density at radius 1 is 1.00 bits per heavy atom. The topological polar surface area (TPSA) is 183 Å². The van der Waals surface area contributed by atoms with Gasteiger partial charge in [0.1, 0.15) is 24.4 Å². The van der Waals surface area contributed by atoms with Crippen LogP contribution in [0.3, 0.4) is 0 Å². The lowest BCUT2D eigenvalue weighted by atomic mass is 9.73. The van der Waals surface area contributed by atoms with E-state index in [1.165, 1.54) is 13.8 Å². The van der Waals surface area contributed by atoms with Gasteiger partial charge in [-0.05, 0) is 66.6 Å². The van der Waals surface area contributed by atoms with Crippen LogP contribution in [-0.4, -0.2) is 130 Å². The summed E-state index contributed by atoms with van der Waals surface area (Å²) in [7, 11) is 3.72. The molecule has 0 saturated carbocycles. The summed E-state index contributed by atoms with van der Waals surface area (Å²) in [4.78, 5) is 21.2. The molecular weight excluding hydrogens is 658 g/mol. The quantitative estimate of drug-likeness (QED) is 0.118. The Balaban J connectivity index is 1.99. The largest absolute Gasteiger partial charge is 0.459 e. The molecule has 0 radical (unpaired) electrons. The van der Waals surface area contributed by atoms with Crippen LogP contribution in [0.15, 0.2) is 35.5 Å². The van der Waals surface area contributed by atoms with Crippen LogP contribution in [0.1, 0.15) is 80.2 Å². The molecule has 0 aromatic heterocycles. The second-order valence-corrected chi connectivity index (χ2v) is 15.5. The fourth-order valence-electron chi connectivity index (χ4n) is 7.66. The molecule has 2 aliphatic rings. The van der Waals surface area contributed by atoms with E-state index >= 15 is 0 Å². The van der Waals surface area contributed by atoms with Gasteiger partial charge >= 0.3 is 5.97 Å². The number of hydrogen-bond donors (Lipinski definition) is 6. The first-order valence-corrected chi connectivity index (χ1v) is 18.4. The third-order valence-corrected chi connectivity index (χ3v) is 10.8. The Kier molecular flexibility index (Phi) is 15.9. The van der Waals surface area contributed by atoms with Crippen LogP contribution >= 0.6 is 0 Å². The highest BCUT2D eigenvalue weighted by molar-refractivity contribution is 5.88. The normalized spacial score (nSPS) is 41.3. The summed E-state index contributed by atoms with van der Waals surface area (Å²) in [6.45, 7) is 14.7. The van der Waals surface area contributed by atoms with Crippen LogP contribution in [0, 0.1) is 23.7 Å². The van der Waals surface area contributed by atoms with Gasteiger partial charge in [0.15, 0.2) is 6.29 Å². The number of aliphatic hydroxyl groups excluding tert-OH is 3. The molecule has 1 aromatic carbocycles. The van der Waals surface area contributed by atoms with Crippen LogP contribution in [-0.2, 0) is 30.4 Å². The van der Waals surface area contributed by atoms with Crippen LogP contribution < -0.4 is 5.32 Å². The molecule has 2 aliphatic heterocycles. The van der Waals surface area contributed by atoms with Crippen LogP contribution in [0.25, 0.3) is 0 Å². The molecule has 13 heteroatoms. The van der Waals surface area contributed by atoms with E-state index in [9.17, 15) is 30.3 Å². The van der Waals surface area contributed by atoms with Crippen LogP contribution in [0.5, 0.6) is 0 Å². The molecule has 1 aromatic rings. The minimum absolute atomic E-state index is 0.0217. The number of rotatable bonds is 10. The van der Waals surface area contributed by atoms with Gasteiger partial charge < -0.3 is 54.8 Å². The zero-order chi connectivity index (χ0) is 38.3. The predicted molar refractivity (Wildman–Crippen MR) is 194 cm³/mol. The van der Waals surface area contributed by atoms with Gasteiger partial charge in [-0.3, -0.25) is 4.79 Å². The molecule has 0 aliphatic carbocycles. The van der Waals surface area contributed by atoms with Gasteiger partial charge in [0.05, 0.1) is 41.6 Å². The van der Waals surface area contributed by atoms with Crippen molar-refractivity contribution in [3.8, 4) is 0 Å². The van der Waals surface area contributed by atoms with E-state index < -0.39 is 77.7 Å². The minimum Gasteiger partial charge on any atom is -0.459 e. The van der Waals surface area contributed by atoms with Gasteiger partial charge in [-0.15, -0.1) is 0 Å². The summed E-state index contributed by atoms with van der Waals surface area (Å²) >= 11 is 0. The SMILES string of the molecule is CC[C@H]1OC(=O)[C@H](C)[C@@H](O)[C@H](C)[C@@H](O[C@@H]2O[C@H](C)C[C@H](N(C)C)[C@H]2O)[C@](C)(O)C[C@@H](C)/C(=N\OCCNCc2ccccc2)[C@H](C)[C@@H](O)[C@]1(C)O. The average molecular weight is 724 g/mol. The maximum Gasteiger partial charge on any atom is 0.311 e. The van der Waals surface area contributed by atoms with Crippen molar-refractivity contribution < 1.29 is 49.4 Å². The van der Waals surface area contributed by atoms with Gasteiger partial charge in [0.2, 0.25) is 0 Å². The highest BCUT2D eigenvalue weighted by atomic mass is 16.7. The number of nitrogens with zero attached hydrogens (tertiary/aromatic N) is 2. The van der Waals surface area contributed by atoms with Gasteiger partial charge in [0, 0.05) is 36.9 Å². The van der Waals surface area contributed by atoms with E-state index in [-0.39, 0.29) is 31.6 Å². The summed E-state index contributed by atoms with van der Waals surface area (Å²) < 4.78 is 18.3. The lowest BCUT2D eigenvalue weighted by Crippen LogP contribution is -2.60. The number of nitrogens with one attached hydrogen (secondary N) is 1. The number of cyclic esters (lactones) is 1. The maximum atomic E-state index is 13.5. The summed E-state index contributed by atoms with van der Waals surface area (Å²) in [6.07, 6.45) is -6.75. The van der Waals surface area contributed by atoms with Gasteiger partial charge in [-0.1, -0.05) is 63.2 Å². The molecule has 0 amide bonds. The minimum atomic E-state index is -1.90. The van der Waals surface area contributed by atoms with Crippen LogP contribution in [0.2, 0.25) is 0 Å². The third kappa shape index (κ3) is 10.9. The number of carbonyl (C=O) groups is 1. The zero-order valence-corrected chi connectivity index (χ0v) is 32.2. The molecule has 3 rings (SSSR count). The van der Waals surface area contributed by atoms with E-state index in [0.29, 0.717) is 25.2 Å². The Bertz CT molecular complexity index is 1250. The van der Waals surface area contributed by atoms with Crippen molar-refractivity contribution in [2.45, 2.75) is 141 Å². The van der Waals surface area contributed by atoms with Gasteiger partial charge in [0.25, 0.3) is 0 Å². The van der Waals surface area contributed by atoms with E-state index in [4.69, 9.17) is 19.0 Å². The maximum absolute atomic E-state index is 13.5. The molecule has 0 unspecified atom stereocenters. The molecule has 51 heavy (non-hydrogen) atoms. The van der Waals surface area contributed by atoms with E-state index in [0.717, 1.165) is 5.56 Å². The number of aliphatic hydroxyl groups is 5. The standard InChI is InChI=1S/C38H65N3O10/c1-11-29-38(8,47)33(44)24(4)30(40-48-18-17-39-21-27-15-13-12-14-16-27)22(2)20-37(7,46)34(25(5)31(42)26(6)35(45)50-29)51-36-32(43)28(41(9)10)19-23(3)49-36/h12-16,22-26,28-29,31-34,36,39,42-44,46-47H,11,17-21H2,1-10H3/b40-30+/t22-,23-,24+,25+,26-,28+,29-,31+,32-,33-,34-,36+,37-,38-/m1/s1. The van der Waals surface area contributed by atoms with Crippen molar-refractivity contribution in [2.24, 2.45) is 28.8 Å². The highest BCUT2D eigenvalue weighted by Gasteiger charge is 2.51. The van der Waals surface area contributed by atoms with E-state index in [1.807, 2.05) is 63.2 Å². The molecule has 6 N–H and O–H groups in total. The lowest BCUT2D eigenvalue weighted by molar-refractivity contribution is -0.298. The van der Waals surface area contributed by atoms with Gasteiger partial charge in [-0.2, -0.15) is 0 Å². The predicted octanol–water partition coefficient (Wildman–Crippen LogP) is 2.45. The summed E-state index contributed by atoms with van der Waals surface area (Å²) in [5.41, 5.74) is -2.09. The Morgan fingerprint density at radius 3 is 2.25 bits per heavy atom. The number of benzene rings is 1. The van der Waals surface area contributed by atoms with Crippen LogP contribution in [0.4, 0.5) is 0 Å². The molecule has 0 spiro atoms. The average Bonchev–Trinajstić information content (AvgIpc) is 3.08. The molecule has 14 atom stereocenters. The fourth-order valence-corrected chi connectivity index (χ4v) is 7.66. The van der Waals surface area contributed by atoms with Crippen molar-refractivity contribution in [3.63, 3.8) is 0 Å². The molecule has 2 heterocycles. The number of esters is 1. The highest BCUT2D eigenvalue weighted by Crippen LogP contribution is 2.38. The van der Waals surface area contributed by atoms with E-state index in [1.54, 1.807) is 27.7 Å². The van der Waals surface area contributed by atoms with Crippen molar-refractivity contribution in [1.82, 2.24) is 10.2 Å². The Hall–Kier alpha value is -2.20. The summed E-state index contributed by atoms with van der Waals surface area (Å²) in [5, 5.41) is 66.4. The Morgan fingerprint density at radius 2 is 1.65 bits per heavy atom. The number of hydrogen-bond acceptors (Lipinski definition) is 13. The molecule has 13 nitrogen and oxygen atoms in total. The monoisotopic (exact) mass is 723 g/mol. The van der Waals surface area contributed by atoms with Crippen molar-refractivity contribution in [2.75, 3.05) is 27.2 Å². The summed E-state index contributed by atoms with van der Waals surface area (Å²) in [6, 6.07) is 9.65.